The SMILES string of the molecule is O=C(N[C@@H](Cc1ccccc1)C(=O)O)OCc1ccc(COc2cccc3[nH]ccc23)cc1. The second kappa shape index (κ2) is 10.4. The predicted molar refractivity (Wildman–Crippen MR) is 124 cm³/mol. The number of alkyl carbamates (subject to hydrolysis) is 1. The number of aliphatic carboxylic acids is 1. The molecule has 0 aliphatic carbocycles. The molecule has 7 nitrogen and oxygen atoms in total. The first-order chi connectivity index (χ1) is 16.1. The van der Waals surface area contributed by atoms with Crippen molar-refractivity contribution in [1.82, 2.24) is 10.3 Å². The summed E-state index contributed by atoms with van der Waals surface area (Å²) in [6, 6.07) is 23.4. The molecule has 0 saturated heterocycles. The van der Waals surface area contributed by atoms with Crippen molar-refractivity contribution in [3.63, 3.8) is 0 Å². The molecule has 0 radical (unpaired) electrons. The molecule has 4 aromatic rings. The number of nitrogens with one attached hydrogen (secondary N) is 2. The van der Waals surface area contributed by atoms with Crippen LogP contribution in [0.15, 0.2) is 85.1 Å². The predicted octanol–water partition coefficient (Wildman–Crippen LogP) is 4.67. The third-order valence-electron chi connectivity index (χ3n) is 5.22. The summed E-state index contributed by atoms with van der Waals surface area (Å²) < 4.78 is 11.2. The molecule has 0 saturated carbocycles. The minimum absolute atomic E-state index is 0.0350. The number of ether oxygens (including phenoxy) is 2. The second-order valence-corrected chi connectivity index (χ2v) is 7.60. The van der Waals surface area contributed by atoms with Crippen molar-refractivity contribution in [3.8, 4) is 5.75 Å². The maximum absolute atomic E-state index is 12.1. The van der Waals surface area contributed by atoms with Crippen LogP contribution in [0, 0.1) is 0 Å². The molecule has 0 bridgehead atoms. The van der Waals surface area contributed by atoms with Crippen molar-refractivity contribution in [1.29, 1.82) is 0 Å². The van der Waals surface area contributed by atoms with E-state index in [1.807, 2.05) is 85.1 Å². The average Bonchev–Trinajstić information content (AvgIpc) is 3.32. The van der Waals surface area contributed by atoms with Gasteiger partial charge in [-0.3, -0.25) is 0 Å². The molecule has 3 N–H and O–H groups in total. The highest BCUT2D eigenvalue weighted by atomic mass is 16.5. The van der Waals surface area contributed by atoms with E-state index in [-0.39, 0.29) is 13.0 Å². The Morgan fingerprint density at radius 1 is 0.848 bits per heavy atom. The highest BCUT2D eigenvalue weighted by Gasteiger charge is 2.21. The number of carbonyl (C=O) groups excluding carboxylic acids is 1. The zero-order valence-corrected chi connectivity index (χ0v) is 17.9. The Balaban J connectivity index is 1.26. The van der Waals surface area contributed by atoms with E-state index in [1.54, 1.807) is 0 Å². The number of hydrogen-bond acceptors (Lipinski definition) is 4. The van der Waals surface area contributed by atoms with Gasteiger partial charge in [-0.05, 0) is 34.9 Å². The number of amides is 1. The third-order valence-corrected chi connectivity index (χ3v) is 5.22. The van der Waals surface area contributed by atoms with E-state index in [9.17, 15) is 14.7 Å². The Morgan fingerprint density at radius 3 is 2.30 bits per heavy atom. The monoisotopic (exact) mass is 444 g/mol. The first kappa shape index (κ1) is 22.0. The van der Waals surface area contributed by atoms with Crippen LogP contribution in [0.25, 0.3) is 10.9 Å². The zero-order valence-electron chi connectivity index (χ0n) is 17.9. The van der Waals surface area contributed by atoms with E-state index in [0.29, 0.717) is 6.61 Å². The van der Waals surface area contributed by atoms with E-state index in [4.69, 9.17) is 9.47 Å². The Hall–Kier alpha value is -4.26. The Labute approximate surface area is 191 Å². The summed E-state index contributed by atoms with van der Waals surface area (Å²) in [5, 5.41) is 12.8. The molecule has 0 unspecified atom stereocenters. The van der Waals surface area contributed by atoms with E-state index >= 15 is 0 Å². The average molecular weight is 444 g/mol. The highest BCUT2D eigenvalue weighted by molar-refractivity contribution is 5.85. The van der Waals surface area contributed by atoms with Gasteiger partial charge in [-0.25, -0.2) is 9.59 Å². The van der Waals surface area contributed by atoms with Gasteiger partial charge in [0, 0.05) is 23.5 Å². The van der Waals surface area contributed by atoms with Crippen LogP contribution >= 0.6 is 0 Å². The normalized spacial score (nSPS) is 11.6. The molecule has 0 aliphatic rings. The van der Waals surface area contributed by atoms with Crippen LogP contribution in [0.2, 0.25) is 0 Å². The highest BCUT2D eigenvalue weighted by Crippen LogP contribution is 2.25. The number of aromatic amines is 1. The molecule has 7 heteroatoms. The van der Waals surface area contributed by atoms with Gasteiger partial charge in [-0.2, -0.15) is 0 Å². The Morgan fingerprint density at radius 2 is 1.58 bits per heavy atom. The van der Waals surface area contributed by atoms with Gasteiger partial charge >= 0.3 is 12.1 Å². The minimum Gasteiger partial charge on any atom is -0.488 e. The van der Waals surface area contributed by atoms with Gasteiger partial charge in [0.1, 0.15) is 25.0 Å². The third kappa shape index (κ3) is 5.92. The van der Waals surface area contributed by atoms with Crippen LogP contribution in [0.4, 0.5) is 4.79 Å². The molecule has 1 atom stereocenters. The summed E-state index contributed by atoms with van der Waals surface area (Å²) in [6.45, 7) is 0.443. The standard InChI is InChI=1S/C26H24N2O5/c29-25(30)23(15-18-5-2-1-3-6-18)28-26(31)33-17-20-11-9-19(10-12-20)16-32-24-8-4-7-22-21(24)13-14-27-22/h1-14,23,27H,15-17H2,(H,28,31)(H,29,30)/t23-/m0/s1. The summed E-state index contributed by atoms with van der Waals surface area (Å²) >= 11 is 0. The number of hydrogen-bond donors (Lipinski definition) is 3. The van der Waals surface area contributed by atoms with Crippen LogP contribution in [-0.2, 0) is 29.2 Å². The fourth-order valence-electron chi connectivity index (χ4n) is 3.46. The number of carboxylic acids is 1. The molecule has 1 heterocycles. The number of fused-ring (bicyclic) bond motifs is 1. The second-order valence-electron chi connectivity index (χ2n) is 7.60. The number of H-pyrrole nitrogens is 1. The first-order valence-corrected chi connectivity index (χ1v) is 10.6. The largest absolute Gasteiger partial charge is 0.488 e. The van der Waals surface area contributed by atoms with E-state index in [2.05, 4.69) is 10.3 Å². The molecule has 0 aliphatic heterocycles. The van der Waals surface area contributed by atoms with E-state index in [0.717, 1.165) is 33.3 Å². The summed E-state index contributed by atoms with van der Waals surface area (Å²) in [6.07, 6.45) is 1.28. The van der Waals surface area contributed by atoms with Gasteiger partial charge in [0.25, 0.3) is 0 Å². The lowest BCUT2D eigenvalue weighted by molar-refractivity contribution is -0.139. The molecule has 168 valence electrons. The summed E-state index contributed by atoms with van der Waals surface area (Å²) in [7, 11) is 0. The lowest BCUT2D eigenvalue weighted by atomic mass is 10.1. The van der Waals surface area contributed by atoms with Crippen molar-refractivity contribution in [3.05, 3.63) is 102 Å². The molecule has 4 rings (SSSR count). The topological polar surface area (TPSA) is 101 Å². The quantitative estimate of drug-likeness (QED) is 0.348. The van der Waals surface area contributed by atoms with Crippen molar-refractivity contribution in [2.45, 2.75) is 25.7 Å². The number of carboxylic acid groups (broad SMARTS) is 1. The smallest absolute Gasteiger partial charge is 0.408 e. The molecule has 0 spiro atoms. The van der Waals surface area contributed by atoms with Crippen LogP contribution in [-0.4, -0.2) is 28.2 Å². The molecule has 1 aromatic heterocycles. The zero-order chi connectivity index (χ0) is 23.0. The number of aromatic nitrogens is 1. The molecular weight excluding hydrogens is 420 g/mol. The van der Waals surface area contributed by atoms with Crippen LogP contribution in [0.5, 0.6) is 5.75 Å². The first-order valence-electron chi connectivity index (χ1n) is 10.6. The lowest BCUT2D eigenvalue weighted by Crippen LogP contribution is -2.42. The molecule has 33 heavy (non-hydrogen) atoms. The van der Waals surface area contributed by atoms with Gasteiger partial charge in [0.2, 0.25) is 0 Å². The molecule has 3 aromatic carbocycles. The van der Waals surface area contributed by atoms with Gasteiger partial charge in [-0.15, -0.1) is 0 Å². The lowest BCUT2D eigenvalue weighted by Gasteiger charge is -2.15. The molecular formula is C26H24N2O5. The summed E-state index contributed by atoms with van der Waals surface area (Å²) in [5.74, 6) is -0.309. The van der Waals surface area contributed by atoms with Gasteiger partial charge in [0.05, 0.1) is 0 Å². The number of benzene rings is 3. The summed E-state index contributed by atoms with van der Waals surface area (Å²) in [5.41, 5.74) is 3.60. The maximum Gasteiger partial charge on any atom is 0.408 e. The van der Waals surface area contributed by atoms with Crippen LogP contribution < -0.4 is 10.1 Å². The Bertz CT molecular complexity index is 1220. The maximum atomic E-state index is 12.1. The van der Waals surface area contributed by atoms with Crippen molar-refractivity contribution in [2.75, 3.05) is 0 Å². The number of rotatable bonds is 9. The van der Waals surface area contributed by atoms with E-state index < -0.39 is 18.1 Å². The van der Waals surface area contributed by atoms with Gasteiger partial charge < -0.3 is 24.9 Å². The van der Waals surface area contributed by atoms with Gasteiger partial charge in [0.15, 0.2) is 0 Å². The van der Waals surface area contributed by atoms with Crippen molar-refractivity contribution in [2.24, 2.45) is 0 Å². The van der Waals surface area contributed by atoms with Crippen LogP contribution in [0.1, 0.15) is 16.7 Å². The molecule has 1 amide bonds. The van der Waals surface area contributed by atoms with E-state index in [1.165, 1.54) is 0 Å². The van der Waals surface area contributed by atoms with Crippen LogP contribution in [0.3, 0.4) is 0 Å². The van der Waals surface area contributed by atoms with Gasteiger partial charge in [-0.1, -0.05) is 60.7 Å². The number of carbonyl (C=O) groups is 2. The minimum atomic E-state index is -1.12. The summed E-state index contributed by atoms with van der Waals surface area (Å²) in [4.78, 5) is 26.8. The Kier molecular flexibility index (Phi) is 6.90. The fourth-order valence-corrected chi connectivity index (χ4v) is 3.46. The van der Waals surface area contributed by atoms with Crippen molar-refractivity contribution < 1.29 is 24.2 Å². The fraction of sp³-hybridized carbons (Fsp3) is 0.154. The van der Waals surface area contributed by atoms with Crippen molar-refractivity contribution >= 4 is 23.0 Å². The molecule has 0 fully saturated rings.